The Labute approximate surface area is 52.5 Å². The summed E-state index contributed by atoms with van der Waals surface area (Å²) in [5, 5.41) is 10.0. The highest BCUT2D eigenvalue weighted by molar-refractivity contribution is 14.1. The summed E-state index contributed by atoms with van der Waals surface area (Å²) in [6.07, 6.45) is 0. The van der Waals surface area contributed by atoms with E-state index in [2.05, 4.69) is 4.51 Å². The number of quaternary nitrogens is 2. The Balaban J connectivity index is 3.33. The van der Waals surface area contributed by atoms with E-state index >= 15 is 0 Å². The summed E-state index contributed by atoms with van der Waals surface area (Å²) in [7, 11) is 1.40. The maximum atomic E-state index is 10.1. The first-order valence-corrected chi connectivity index (χ1v) is 4.26. The monoisotopic (exact) mass is 217 g/mol. The van der Waals surface area contributed by atoms with Crippen LogP contribution in [0.5, 0.6) is 0 Å². The summed E-state index contributed by atoms with van der Waals surface area (Å²) in [5.74, 6) is 6.83. The van der Waals surface area contributed by atoms with E-state index in [1.54, 1.807) is 0 Å². The van der Waals surface area contributed by atoms with E-state index in [0.717, 1.165) is 0 Å². The van der Waals surface area contributed by atoms with Crippen molar-refractivity contribution in [3.8, 4) is 0 Å². The van der Waals surface area contributed by atoms with Gasteiger partial charge >= 0.3 is 0 Å². The molecule has 0 aromatic carbocycles. The highest BCUT2D eigenvalue weighted by Gasteiger charge is 1.86. The molecule has 5 heteroatoms. The SMILES string of the molecule is C=I[NH+]([NH-])[NH+](C)[O-]. The minimum Gasteiger partial charge on any atom is -0.584 e. The van der Waals surface area contributed by atoms with Crippen molar-refractivity contribution in [2.45, 2.75) is 0 Å². The molecule has 3 N–H and O–H groups in total. The summed E-state index contributed by atoms with van der Waals surface area (Å²) in [6.45, 7) is 0. The van der Waals surface area contributed by atoms with Gasteiger partial charge in [0.2, 0.25) is 0 Å². The molecule has 0 saturated heterocycles. The second-order valence-electron chi connectivity index (χ2n) is 1.00. The Morgan fingerprint density at radius 3 is 2.29 bits per heavy atom. The molecule has 0 fully saturated rings. The van der Waals surface area contributed by atoms with Crippen LogP contribution in [-0.4, -0.2) is 11.6 Å². The van der Waals surface area contributed by atoms with Gasteiger partial charge in [0.15, 0.2) is 21.0 Å². The van der Waals surface area contributed by atoms with Gasteiger partial charge in [-0.3, -0.25) is 0 Å². The minimum absolute atomic E-state index is 0.136. The maximum absolute atomic E-state index is 10.1. The Morgan fingerprint density at radius 2 is 2.29 bits per heavy atom. The molecule has 2 unspecified atom stereocenters. The van der Waals surface area contributed by atoms with Crippen LogP contribution in [0.2, 0.25) is 0 Å². The van der Waals surface area contributed by atoms with Crippen molar-refractivity contribution < 1.29 is 8.50 Å². The van der Waals surface area contributed by atoms with Gasteiger partial charge < -0.3 is 11.0 Å². The molecule has 0 aromatic rings. The van der Waals surface area contributed by atoms with Crippen LogP contribution in [-0.2, 0) is 0 Å². The molecule has 0 saturated carbocycles. The van der Waals surface area contributed by atoms with Crippen molar-refractivity contribution >= 4 is 25.5 Å². The lowest BCUT2D eigenvalue weighted by Gasteiger charge is -2.23. The van der Waals surface area contributed by atoms with E-state index in [-0.39, 0.29) is 8.50 Å². The number of rotatable bonds is 2. The Kier molecular flexibility index (Phi) is 3.66. The van der Waals surface area contributed by atoms with Crippen molar-refractivity contribution in [2.75, 3.05) is 7.05 Å². The standard InChI is InChI=1S/C2H8IN3O/c1-3-6(4)5(2)7/h4-6H,1H2,2H3. The fraction of sp³-hybridized carbons (Fsp3) is 0.500. The summed E-state index contributed by atoms with van der Waals surface area (Å²) in [6, 6.07) is 0. The van der Waals surface area contributed by atoms with E-state index in [1.807, 2.05) is 0 Å². The highest BCUT2D eigenvalue weighted by atomic mass is 127. The average molecular weight is 217 g/mol. The van der Waals surface area contributed by atoms with Crippen molar-refractivity contribution in [3.63, 3.8) is 0 Å². The zero-order valence-electron chi connectivity index (χ0n) is 3.99. The van der Waals surface area contributed by atoms with Crippen molar-refractivity contribution in [3.05, 3.63) is 11.0 Å². The highest BCUT2D eigenvalue weighted by Crippen LogP contribution is 1.59. The number of hydroxylamine groups is 1. The van der Waals surface area contributed by atoms with Gasteiger partial charge in [-0.05, 0) is 4.51 Å². The largest absolute Gasteiger partial charge is 0.584 e. The molecule has 0 aromatic heterocycles. The Bertz CT molecular complexity index is 66.0. The first-order valence-electron chi connectivity index (χ1n) is 1.66. The van der Waals surface area contributed by atoms with Gasteiger partial charge in [0.25, 0.3) is 0 Å². The lowest BCUT2D eigenvalue weighted by atomic mass is 11.5. The fourth-order valence-corrected chi connectivity index (χ4v) is 0.631. The first-order chi connectivity index (χ1) is 3.18. The smallest absolute Gasteiger partial charge is 0.181 e. The van der Waals surface area contributed by atoms with Crippen LogP contribution in [0, 0.1) is 5.21 Å². The summed E-state index contributed by atoms with van der Waals surface area (Å²) < 4.78 is 3.68. The molecule has 44 valence electrons. The van der Waals surface area contributed by atoms with Crippen molar-refractivity contribution in [1.82, 2.24) is 0 Å². The van der Waals surface area contributed by atoms with E-state index in [4.69, 9.17) is 5.84 Å². The number of hydrogen-bond acceptors (Lipinski definition) is 1. The van der Waals surface area contributed by atoms with E-state index < -0.39 is 21.0 Å². The van der Waals surface area contributed by atoms with Gasteiger partial charge in [0.05, 0.1) is 0 Å². The summed E-state index contributed by atoms with van der Waals surface area (Å²) >= 11 is -0.512. The van der Waals surface area contributed by atoms with Crippen LogP contribution in [0.1, 0.15) is 0 Å². The topological polar surface area (TPSA) is 55.7 Å². The van der Waals surface area contributed by atoms with E-state index in [9.17, 15) is 5.21 Å². The number of halogens is 1. The third-order valence-electron chi connectivity index (χ3n) is 0.443. The molecule has 0 rings (SSSR count). The Morgan fingerprint density at radius 1 is 1.86 bits per heavy atom. The van der Waals surface area contributed by atoms with Gasteiger partial charge in [-0.2, -0.15) is 0 Å². The normalized spacial score (nSPS) is 18.7. The average Bonchev–Trinajstić information content (AvgIpc) is 1.65. The summed E-state index contributed by atoms with van der Waals surface area (Å²) in [4.78, 5) is 0. The third kappa shape index (κ3) is 3.06. The van der Waals surface area contributed by atoms with Crippen LogP contribution in [0.4, 0.5) is 0 Å². The predicted octanol–water partition coefficient (Wildman–Crippen LogP) is -1.92. The molecule has 0 aliphatic heterocycles. The molecule has 2 atom stereocenters. The van der Waals surface area contributed by atoms with E-state index in [0.29, 0.717) is 0 Å². The van der Waals surface area contributed by atoms with Crippen molar-refractivity contribution in [1.29, 1.82) is 0 Å². The molecule has 7 heavy (non-hydrogen) atoms. The molecule has 0 amide bonds. The summed E-state index contributed by atoms with van der Waals surface area (Å²) in [5.41, 5.74) is 0. The van der Waals surface area contributed by atoms with Crippen LogP contribution in [0.3, 0.4) is 0 Å². The van der Waals surface area contributed by atoms with Gasteiger partial charge in [-0.25, -0.2) is 8.50 Å². The van der Waals surface area contributed by atoms with Gasteiger partial charge in [0.1, 0.15) is 7.05 Å². The van der Waals surface area contributed by atoms with Crippen LogP contribution >= 0.6 is 21.0 Å². The van der Waals surface area contributed by atoms with Gasteiger partial charge in [0, 0.05) is 0 Å². The lowest BCUT2D eigenvalue weighted by Crippen LogP contribution is -3.49. The van der Waals surface area contributed by atoms with E-state index in [1.165, 1.54) is 7.05 Å². The van der Waals surface area contributed by atoms with Crippen LogP contribution in [0.15, 0.2) is 0 Å². The molecular formula is C2H8IN3O. The number of hydrogen-bond donors (Lipinski definition) is 2. The molecule has 0 bridgehead atoms. The zero-order chi connectivity index (χ0) is 5.86. The maximum Gasteiger partial charge on any atom is 0.181 e. The third-order valence-corrected chi connectivity index (χ3v) is 1.97. The molecule has 0 aliphatic rings. The second-order valence-corrected chi connectivity index (χ2v) is 2.85. The molecule has 4 nitrogen and oxygen atoms in total. The Hall–Kier alpha value is 0.440. The fourth-order valence-electron chi connectivity index (χ4n) is 0.0941. The minimum atomic E-state index is -0.512. The van der Waals surface area contributed by atoms with Gasteiger partial charge in [-0.1, -0.05) is 0 Å². The predicted molar refractivity (Wildman–Crippen MR) is 36.7 cm³/mol. The van der Waals surface area contributed by atoms with Crippen molar-refractivity contribution in [2.24, 2.45) is 0 Å². The molecular weight excluding hydrogens is 209 g/mol. The molecule has 0 spiro atoms. The van der Waals surface area contributed by atoms with Crippen LogP contribution in [0.25, 0.3) is 5.84 Å². The second kappa shape index (κ2) is 3.44. The zero-order valence-corrected chi connectivity index (χ0v) is 6.15. The first kappa shape index (κ1) is 7.44. The molecule has 0 aliphatic carbocycles. The quantitative estimate of drug-likeness (QED) is 0.316. The molecule has 0 radical (unpaired) electrons. The molecule has 0 heterocycles. The number of nitrogens with one attached hydrogen (secondary N) is 3. The van der Waals surface area contributed by atoms with Crippen LogP contribution < -0.4 is 8.50 Å². The van der Waals surface area contributed by atoms with Gasteiger partial charge in [-0.15, -0.1) is 0 Å². The lowest BCUT2D eigenvalue weighted by molar-refractivity contribution is -1.37.